The zero-order valence-electron chi connectivity index (χ0n) is 11.9. The van der Waals surface area contributed by atoms with Crippen LogP contribution in [0.25, 0.3) is 0 Å². The summed E-state index contributed by atoms with van der Waals surface area (Å²) in [5.74, 6) is 0.569. The first-order chi connectivity index (χ1) is 9.65. The number of hydrogen-bond acceptors (Lipinski definition) is 5. The molecule has 1 aromatic carbocycles. The summed E-state index contributed by atoms with van der Waals surface area (Å²) in [6.45, 7) is 1.16. The van der Waals surface area contributed by atoms with Crippen molar-refractivity contribution in [3.63, 3.8) is 0 Å². The summed E-state index contributed by atoms with van der Waals surface area (Å²) < 4.78 is 15.5. The Bertz CT molecular complexity index is 412. The molecule has 0 aromatic heterocycles. The quantitative estimate of drug-likeness (QED) is 0.655. The lowest BCUT2D eigenvalue weighted by molar-refractivity contribution is -0.122. The van der Waals surface area contributed by atoms with E-state index in [1.165, 1.54) is 0 Å². The van der Waals surface area contributed by atoms with Crippen LogP contribution >= 0.6 is 0 Å². The smallest absolute Gasteiger partial charge is 0.223 e. The van der Waals surface area contributed by atoms with Gasteiger partial charge in [0.2, 0.25) is 5.91 Å². The number of carbonyl (C=O) groups is 1. The molecule has 1 unspecified atom stereocenters. The first-order valence-corrected chi connectivity index (χ1v) is 6.42. The highest BCUT2D eigenvalue weighted by molar-refractivity contribution is 5.76. The molecule has 112 valence electrons. The van der Waals surface area contributed by atoms with Crippen LogP contribution in [0.1, 0.15) is 6.42 Å². The van der Waals surface area contributed by atoms with Crippen molar-refractivity contribution >= 4 is 11.6 Å². The SMILES string of the molecule is COCC(CNC(=O)CCOc1cccc(N)c1)OC. The number of carbonyl (C=O) groups excluding carboxylic acids is 1. The lowest BCUT2D eigenvalue weighted by Crippen LogP contribution is -2.36. The fourth-order valence-electron chi connectivity index (χ4n) is 1.58. The summed E-state index contributed by atoms with van der Waals surface area (Å²) in [4.78, 5) is 11.6. The monoisotopic (exact) mass is 282 g/mol. The van der Waals surface area contributed by atoms with Gasteiger partial charge in [-0.05, 0) is 12.1 Å². The fourth-order valence-corrected chi connectivity index (χ4v) is 1.58. The van der Waals surface area contributed by atoms with Gasteiger partial charge >= 0.3 is 0 Å². The fraction of sp³-hybridized carbons (Fsp3) is 0.500. The molecule has 0 heterocycles. The van der Waals surface area contributed by atoms with Gasteiger partial charge in [0.15, 0.2) is 0 Å². The molecule has 0 saturated heterocycles. The van der Waals surface area contributed by atoms with Gasteiger partial charge in [-0.1, -0.05) is 6.07 Å². The average molecular weight is 282 g/mol. The number of hydrogen-bond donors (Lipinski definition) is 2. The number of methoxy groups -OCH3 is 2. The molecule has 6 heteroatoms. The topological polar surface area (TPSA) is 82.8 Å². The van der Waals surface area contributed by atoms with Crippen molar-refractivity contribution in [1.82, 2.24) is 5.32 Å². The molecule has 0 saturated carbocycles. The van der Waals surface area contributed by atoms with E-state index in [-0.39, 0.29) is 18.4 Å². The van der Waals surface area contributed by atoms with E-state index in [0.29, 0.717) is 31.2 Å². The summed E-state index contributed by atoms with van der Waals surface area (Å²) in [5.41, 5.74) is 6.26. The Kier molecular flexibility index (Phi) is 7.46. The van der Waals surface area contributed by atoms with E-state index < -0.39 is 0 Å². The molecule has 0 aliphatic rings. The molecule has 0 aliphatic carbocycles. The predicted molar refractivity (Wildman–Crippen MR) is 76.6 cm³/mol. The van der Waals surface area contributed by atoms with Gasteiger partial charge in [-0.15, -0.1) is 0 Å². The summed E-state index contributed by atoms with van der Waals surface area (Å²) >= 11 is 0. The van der Waals surface area contributed by atoms with Gasteiger partial charge in [0, 0.05) is 32.5 Å². The first-order valence-electron chi connectivity index (χ1n) is 6.42. The second-order valence-electron chi connectivity index (χ2n) is 4.29. The van der Waals surface area contributed by atoms with Gasteiger partial charge in [0.1, 0.15) is 5.75 Å². The number of benzene rings is 1. The zero-order valence-corrected chi connectivity index (χ0v) is 11.9. The van der Waals surface area contributed by atoms with Crippen LogP contribution in [0.15, 0.2) is 24.3 Å². The highest BCUT2D eigenvalue weighted by atomic mass is 16.5. The molecule has 0 aliphatic heterocycles. The van der Waals surface area contributed by atoms with Crippen LogP contribution < -0.4 is 15.8 Å². The molecular formula is C14H22N2O4. The van der Waals surface area contributed by atoms with E-state index >= 15 is 0 Å². The van der Waals surface area contributed by atoms with E-state index in [4.69, 9.17) is 19.9 Å². The van der Waals surface area contributed by atoms with Crippen molar-refractivity contribution in [3.05, 3.63) is 24.3 Å². The van der Waals surface area contributed by atoms with Crippen LogP contribution in [0.3, 0.4) is 0 Å². The molecule has 0 radical (unpaired) electrons. The predicted octanol–water partition coefficient (Wildman–Crippen LogP) is 0.815. The molecule has 0 spiro atoms. The molecule has 0 fully saturated rings. The van der Waals surface area contributed by atoms with Gasteiger partial charge in [-0.3, -0.25) is 4.79 Å². The van der Waals surface area contributed by atoms with E-state index in [2.05, 4.69) is 5.32 Å². The average Bonchev–Trinajstić information content (AvgIpc) is 2.43. The Balaban J connectivity index is 2.20. The maximum absolute atomic E-state index is 11.6. The Morgan fingerprint density at radius 2 is 2.20 bits per heavy atom. The molecule has 20 heavy (non-hydrogen) atoms. The van der Waals surface area contributed by atoms with Crippen molar-refractivity contribution in [3.8, 4) is 5.75 Å². The van der Waals surface area contributed by atoms with E-state index in [0.717, 1.165) is 0 Å². The van der Waals surface area contributed by atoms with Gasteiger partial charge < -0.3 is 25.3 Å². The van der Waals surface area contributed by atoms with Gasteiger partial charge in [-0.2, -0.15) is 0 Å². The molecule has 3 N–H and O–H groups in total. The number of amides is 1. The minimum Gasteiger partial charge on any atom is -0.493 e. The molecular weight excluding hydrogens is 260 g/mol. The normalized spacial score (nSPS) is 11.9. The van der Waals surface area contributed by atoms with E-state index in [1.807, 2.05) is 0 Å². The minimum atomic E-state index is -0.140. The Labute approximate surface area is 119 Å². The molecule has 6 nitrogen and oxygen atoms in total. The van der Waals surface area contributed by atoms with Crippen LogP contribution in [-0.2, 0) is 14.3 Å². The number of anilines is 1. The number of nitrogen functional groups attached to an aromatic ring is 1. The maximum Gasteiger partial charge on any atom is 0.223 e. The number of ether oxygens (including phenoxy) is 3. The molecule has 1 rings (SSSR count). The second kappa shape index (κ2) is 9.17. The van der Waals surface area contributed by atoms with Crippen LogP contribution in [-0.4, -0.2) is 46.0 Å². The minimum absolute atomic E-state index is 0.0907. The Morgan fingerprint density at radius 3 is 2.85 bits per heavy atom. The largest absolute Gasteiger partial charge is 0.493 e. The number of rotatable bonds is 9. The standard InChI is InChI=1S/C14H22N2O4/c1-18-10-13(19-2)9-16-14(17)6-7-20-12-5-3-4-11(15)8-12/h3-5,8,13H,6-7,9-10,15H2,1-2H3,(H,16,17). The lowest BCUT2D eigenvalue weighted by atomic mass is 10.3. The van der Waals surface area contributed by atoms with Gasteiger partial charge in [0.05, 0.1) is 25.7 Å². The third-order valence-electron chi connectivity index (χ3n) is 2.67. The maximum atomic E-state index is 11.6. The molecule has 1 amide bonds. The third kappa shape index (κ3) is 6.40. The molecule has 1 aromatic rings. The van der Waals surface area contributed by atoms with E-state index in [1.54, 1.807) is 38.5 Å². The van der Waals surface area contributed by atoms with Gasteiger partial charge in [-0.25, -0.2) is 0 Å². The highest BCUT2D eigenvalue weighted by Gasteiger charge is 2.09. The van der Waals surface area contributed by atoms with Crippen molar-refractivity contribution in [1.29, 1.82) is 0 Å². The second-order valence-corrected chi connectivity index (χ2v) is 4.29. The van der Waals surface area contributed by atoms with Crippen molar-refractivity contribution in [2.75, 3.05) is 39.7 Å². The Hall–Kier alpha value is -1.79. The van der Waals surface area contributed by atoms with Crippen molar-refractivity contribution in [2.45, 2.75) is 12.5 Å². The van der Waals surface area contributed by atoms with Crippen LogP contribution in [0, 0.1) is 0 Å². The third-order valence-corrected chi connectivity index (χ3v) is 2.67. The summed E-state index contributed by atoms with van der Waals surface area (Å²) in [6.07, 6.45) is 0.136. The summed E-state index contributed by atoms with van der Waals surface area (Å²) in [6, 6.07) is 7.10. The Morgan fingerprint density at radius 1 is 1.40 bits per heavy atom. The van der Waals surface area contributed by atoms with Crippen LogP contribution in [0.2, 0.25) is 0 Å². The van der Waals surface area contributed by atoms with Gasteiger partial charge in [0.25, 0.3) is 0 Å². The van der Waals surface area contributed by atoms with Crippen LogP contribution in [0.4, 0.5) is 5.69 Å². The number of nitrogens with two attached hydrogens (primary N) is 1. The highest BCUT2D eigenvalue weighted by Crippen LogP contribution is 2.14. The summed E-state index contributed by atoms with van der Waals surface area (Å²) in [5, 5.41) is 2.77. The van der Waals surface area contributed by atoms with E-state index in [9.17, 15) is 4.79 Å². The zero-order chi connectivity index (χ0) is 14.8. The summed E-state index contributed by atoms with van der Waals surface area (Å²) in [7, 11) is 3.17. The molecule has 1 atom stereocenters. The number of nitrogens with one attached hydrogen (secondary N) is 1. The van der Waals surface area contributed by atoms with Crippen molar-refractivity contribution in [2.24, 2.45) is 0 Å². The molecule has 0 bridgehead atoms. The lowest BCUT2D eigenvalue weighted by Gasteiger charge is -2.15. The van der Waals surface area contributed by atoms with Crippen LogP contribution in [0.5, 0.6) is 5.75 Å². The first kappa shape index (κ1) is 16.3. The van der Waals surface area contributed by atoms with Crippen molar-refractivity contribution < 1.29 is 19.0 Å².